The van der Waals surface area contributed by atoms with E-state index < -0.39 is 57.1 Å². The van der Waals surface area contributed by atoms with Crippen LogP contribution in [0.4, 0.5) is 22.0 Å². The molecule has 0 aromatic heterocycles. The first kappa shape index (κ1) is 27.5. The average molecular weight is 546 g/mol. The molecule has 5 atom stereocenters. The van der Waals surface area contributed by atoms with E-state index in [1.165, 1.54) is 35.2 Å². The molecule has 1 amide bonds. The van der Waals surface area contributed by atoms with Gasteiger partial charge in [0, 0.05) is 18.2 Å². The Kier molecular flexibility index (Phi) is 7.64. The fraction of sp³-hybridized carbons (Fsp3) is 0.480. The van der Waals surface area contributed by atoms with Gasteiger partial charge >= 0.3 is 5.51 Å². The van der Waals surface area contributed by atoms with Gasteiger partial charge in [0.05, 0.1) is 18.1 Å². The molecule has 2 aliphatic rings. The predicted octanol–water partition coefficient (Wildman–Crippen LogP) is 4.68. The number of hydrogen-bond acceptors (Lipinski definition) is 4. The summed E-state index contributed by atoms with van der Waals surface area (Å²) >= 11 is 0. The monoisotopic (exact) mass is 545 g/mol. The maximum atomic E-state index is 15.7. The smallest absolute Gasteiger partial charge is 0.392 e. The molecule has 0 spiro atoms. The van der Waals surface area contributed by atoms with E-state index in [9.17, 15) is 31.7 Å². The van der Waals surface area contributed by atoms with Crippen molar-refractivity contribution in [3.63, 3.8) is 0 Å². The number of hydrogen-bond donors (Lipinski definition) is 3. The number of halogens is 5. The molecule has 4 rings (SSSR count). The normalized spacial score (nSPS) is 25.9. The second kappa shape index (κ2) is 10.3. The maximum Gasteiger partial charge on any atom is 0.492 e. The van der Waals surface area contributed by atoms with Crippen LogP contribution in [0.25, 0.3) is 11.1 Å². The molecule has 1 unspecified atom stereocenters. The molecular formula is C25H28F5N3O3S. The number of aliphatic hydroxyl groups is 1. The SMILES string of the molecule is Cc1cc(F)cc(-c2cccc(C[C@H]3[C@@H](NS(=N)(=O)C(F)(F)F)CCN3C(=O)[C@@H]3CCC[C@H]3O)c2F)c1. The summed E-state index contributed by atoms with van der Waals surface area (Å²) in [7, 11) is -5.23. The Bertz CT molecular complexity index is 1260. The second-order valence-electron chi connectivity index (χ2n) is 9.72. The summed E-state index contributed by atoms with van der Waals surface area (Å²) in [6, 6.07) is 6.22. The van der Waals surface area contributed by atoms with Gasteiger partial charge in [0.25, 0.3) is 0 Å². The van der Waals surface area contributed by atoms with Gasteiger partial charge in [0.1, 0.15) is 11.6 Å². The largest absolute Gasteiger partial charge is 0.492 e. The van der Waals surface area contributed by atoms with Crippen molar-refractivity contribution in [1.29, 1.82) is 4.78 Å². The number of aryl methyl sites for hydroxylation is 1. The highest BCUT2D eigenvalue weighted by atomic mass is 32.2. The van der Waals surface area contributed by atoms with Gasteiger partial charge in [0.2, 0.25) is 15.8 Å². The summed E-state index contributed by atoms with van der Waals surface area (Å²) in [4.78, 5) is 14.6. The number of nitrogens with zero attached hydrogens (tertiary/aromatic N) is 1. The van der Waals surface area contributed by atoms with E-state index in [4.69, 9.17) is 4.78 Å². The molecule has 1 heterocycles. The van der Waals surface area contributed by atoms with Gasteiger partial charge in [-0.15, -0.1) is 0 Å². The molecule has 0 bridgehead atoms. The molecule has 1 saturated carbocycles. The highest BCUT2D eigenvalue weighted by Crippen LogP contribution is 2.34. The summed E-state index contributed by atoms with van der Waals surface area (Å²) in [5, 5.41) is 10.2. The zero-order chi connectivity index (χ0) is 27.1. The quantitative estimate of drug-likeness (QED) is 0.460. The number of benzene rings is 2. The van der Waals surface area contributed by atoms with Crippen molar-refractivity contribution >= 4 is 15.8 Å². The van der Waals surface area contributed by atoms with Crippen LogP contribution in [0.2, 0.25) is 0 Å². The molecule has 1 aliphatic carbocycles. The van der Waals surface area contributed by atoms with E-state index in [0.717, 1.165) is 0 Å². The van der Waals surface area contributed by atoms with Crippen LogP contribution in [-0.4, -0.2) is 50.4 Å². The van der Waals surface area contributed by atoms with Crippen molar-refractivity contribution < 1.29 is 36.1 Å². The van der Waals surface area contributed by atoms with Gasteiger partial charge in [-0.3, -0.25) is 4.79 Å². The molecule has 1 aliphatic heterocycles. The van der Waals surface area contributed by atoms with Crippen LogP contribution >= 0.6 is 0 Å². The zero-order valence-corrected chi connectivity index (χ0v) is 20.8. The van der Waals surface area contributed by atoms with Crippen LogP contribution in [0.15, 0.2) is 36.4 Å². The van der Waals surface area contributed by atoms with E-state index in [1.54, 1.807) is 13.0 Å². The lowest BCUT2D eigenvalue weighted by Gasteiger charge is -2.32. The molecule has 2 fully saturated rings. The van der Waals surface area contributed by atoms with Crippen molar-refractivity contribution in [3.05, 3.63) is 59.2 Å². The minimum Gasteiger partial charge on any atom is -0.392 e. The number of aliphatic hydroxyl groups excluding tert-OH is 1. The third-order valence-corrected chi connectivity index (χ3v) is 8.42. The predicted molar refractivity (Wildman–Crippen MR) is 128 cm³/mol. The Labute approximate surface area is 212 Å². The van der Waals surface area contributed by atoms with Crippen LogP contribution in [0.1, 0.15) is 36.8 Å². The van der Waals surface area contributed by atoms with Crippen molar-refractivity contribution in [2.75, 3.05) is 6.54 Å². The summed E-state index contributed by atoms with van der Waals surface area (Å²) in [5.41, 5.74) is -4.32. The topological polar surface area (TPSA) is 93.5 Å². The number of rotatable bonds is 6. The van der Waals surface area contributed by atoms with Gasteiger partial charge in [-0.1, -0.05) is 24.3 Å². The first-order valence-electron chi connectivity index (χ1n) is 11.9. The van der Waals surface area contributed by atoms with E-state index in [2.05, 4.69) is 0 Å². The average Bonchev–Trinajstić information content (AvgIpc) is 3.39. The number of likely N-dealkylation sites (tertiary alicyclic amines) is 1. The molecular weight excluding hydrogens is 517 g/mol. The highest BCUT2D eigenvalue weighted by Gasteiger charge is 2.48. The summed E-state index contributed by atoms with van der Waals surface area (Å²) in [5.74, 6) is -2.45. The molecule has 2 aromatic rings. The zero-order valence-electron chi connectivity index (χ0n) is 20.0. The highest BCUT2D eigenvalue weighted by molar-refractivity contribution is 7.91. The Morgan fingerprint density at radius 1 is 1.19 bits per heavy atom. The van der Waals surface area contributed by atoms with Gasteiger partial charge in [-0.25, -0.2) is 22.5 Å². The molecule has 37 heavy (non-hydrogen) atoms. The Morgan fingerprint density at radius 3 is 2.54 bits per heavy atom. The van der Waals surface area contributed by atoms with Crippen LogP contribution in [0.5, 0.6) is 0 Å². The van der Waals surface area contributed by atoms with Crippen molar-refractivity contribution in [3.8, 4) is 11.1 Å². The third-order valence-electron chi connectivity index (χ3n) is 7.13. The second-order valence-corrected chi connectivity index (χ2v) is 11.5. The molecule has 0 radical (unpaired) electrons. The Hall–Kier alpha value is -2.57. The molecule has 1 saturated heterocycles. The minimum atomic E-state index is -5.34. The van der Waals surface area contributed by atoms with Crippen molar-refractivity contribution in [1.82, 2.24) is 9.62 Å². The molecule has 2 aromatic carbocycles. The number of carbonyl (C=O) groups excluding carboxylic acids is 1. The fourth-order valence-electron chi connectivity index (χ4n) is 5.32. The lowest BCUT2D eigenvalue weighted by Crippen LogP contribution is -2.51. The van der Waals surface area contributed by atoms with E-state index in [1.807, 2.05) is 4.72 Å². The van der Waals surface area contributed by atoms with Gasteiger partial charge < -0.3 is 10.0 Å². The van der Waals surface area contributed by atoms with E-state index in [0.29, 0.717) is 24.8 Å². The summed E-state index contributed by atoms with van der Waals surface area (Å²) in [6.07, 6.45) is 0.322. The number of amides is 1. The van der Waals surface area contributed by atoms with E-state index >= 15 is 4.39 Å². The third kappa shape index (κ3) is 5.65. The molecule has 3 N–H and O–H groups in total. The lowest BCUT2D eigenvalue weighted by molar-refractivity contribution is -0.139. The summed E-state index contributed by atoms with van der Waals surface area (Å²) in [6.45, 7) is 1.66. The molecule has 12 heteroatoms. The van der Waals surface area contributed by atoms with Crippen LogP contribution in [0.3, 0.4) is 0 Å². The van der Waals surface area contributed by atoms with Crippen molar-refractivity contribution in [2.45, 2.75) is 62.7 Å². The van der Waals surface area contributed by atoms with Gasteiger partial charge in [-0.05, 0) is 67.9 Å². The van der Waals surface area contributed by atoms with E-state index in [-0.39, 0.29) is 36.1 Å². The first-order valence-corrected chi connectivity index (χ1v) is 13.5. The standard InChI is InChI=1S/C25H28F5N3O3S/c1-14-10-16(12-17(26)11-14)18-5-2-4-15(23(18)27)13-21-20(32-37(31,36)25(28,29)30)8-9-33(21)24(35)19-6-3-7-22(19)34/h2,4-5,10-12,19-22,34H,3,6-9,13H2,1H3,(H2,31,32,36)/t19-,20+,21+,22-,37?/m1/s1. The van der Waals surface area contributed by atoms with Gasteiger partial charge in [-0.2, -0.15) is 13.2 Å². The fourth-order valence-corrected chi connectivity index (χ4v) is 6.15. The van der Waals surface area contributed by atoms with Crippen LogP contribution in [0, 0.1) is 29.3 Å². The lowest BCUT2D eigenvalue weighted by atomic mass is 9.94. The first-order chi connectivity index (χ1) is 17.3. The van der Waals surface area contributed by atoms with Gasteiger partial charge in [0.15, 0.2) is 0 Å². The Balaban J connectivity index is 1.69. The van der Waals surface area contributed by atoms with Crippen molar-refractivity contribution in [2.24, 2.45) is 5.92 Å². The number of carbonyl (C=O) groups is 1. The Morgan fingerprint density at radius 2 is 1.92 bits per heavy atom. The number of nitrogens with one attached hydrogen (secondary N) is 2. The van der Waals surface area contributed by atoms with Crippen LogP contribution < -0.4 is 4.72 Å². The maximum absolute atomic E-state index is 15.7. The molecule has 202 valence electrons. The minimum absolute atomic E-state index is 0.00215. The number of alkyl halides is 3. The molecule has 6 nitrogen and oxygen atoms in total. The summed E-state index contributed by atoms with van der Waals surface area (Å²) < 4.78 is 90.6. The van der Waals surface area contributed by atoms with Crippen LogP contribution in [-0.2, 0) is 21.1 Å².